The molecule has 1 amide bonds. The minimum atomic E-state index is -0.461. The Balaban J connectivity index is 1.79. The van der Waals surface area contributed by atoms with E-state index in [1.165, 1.54) is 11.8 Å². The summed E-state index contributed by atoms with van der Waals surface area (Å²) in [4.78, 5) is 17.8. The second kappa shape index (κ2) is 6.89. The normalized spacial score (nSPS) is 16.9. The van der Waals surface area contributed by atoms with E-state index in [2.05, 4.69) is 41.1 Å². The van der Waals surface area contributed by atoms with Gasteiger partial charge in [0.25, 0.3) is 0 Å². The van der Waals surface area contributed by atoms with Crippen molar-refractivity contribution >= 4 is 5.91 Å². The SMILES string of the molecule is C[C@@H](c1ccc(-c2cncc(C(N)=O)c2)cc1)N1CCOCC1. The first-order chi connectivity index (χ1) is 11.1. The van der Waals surface area contributed by atoms with Crippen molar-refractivity contribution in [3.8, 4) is 11.1 Å². The Morgan fingerprint density at radius 2 is 1.87 bits per heavy atom. The largest absolute Gasteiger partial charge is 0.379 e. The molecule has 0 spiro atoms. The molecule has 1 aromatic heterocycles. The molecule has 0 saturated carbocycles. The Bertz CT molecular complexity index is 679. The number of nitrogens with two attached hydrogens (primary N) is 1. The molecule has 0 bridgehead atoms. The molecule has 1 atom stereocenters. The van der Waals surface area contributed by atoms with Crippen molar-refractivity contribution in [2.75, 3.05) is 26.3 Å². The van der Waals surface area contributed by atoms with Gasteiger partial charge in [0.05, 0.1) is 18.8 Å². The van der Waals surface area contributed by atoms with E-state index in [4.69, 9.17) is 10.5 Å². The van der Waals surface area contributed by atoms with Crippen molar-refractivity contribution in [3.05, 3.63) is 53.9 Å². The van der Waals surface area contributed by atoms with E-state index in [9.17, 15) is 4.79 Å². The number of rotatable bonds is 4. The van der Waals surface area contributed by atoms with E-state index in [0.29, 0.717) is 11.6 Å². The maximum absolute atomic E-state index is 11.3. The molecule has 120 valence electrons. The number of carbonyl (C=O) groups excluding carboxylic acids is 1. The number of benzene rings is 1. The number of aromatic nitrogens is 1. The summed E-state index contributed by atoms with van der Waals surface area (Å²) in [6.07, 6.45) is 3.23. The van der Waals surface area contributed by atoms with E-state index >= 15 is 0 Å². The summed E-state index contributed by atoms with van der Waals surface area (Å²) >= 11 is 0. The van der Waals surface area contributed by atoms with Gasteiger partial charge in [-0.05, 0) is 24.1 Å². The van der Waals surface area contributed by atoms with Crippen LogP contribution in [0.15, 0.2) is 42.7 Å². The van der Waals surface area contributed by atoms with Crippen molar-refractivity contribution in [3.63, 3.8) is 0 Å². The predicted octanol–water partition coefficient (Wildman–Crippen LogP) is 2.24. The van der Waals surface area contributed by atoms with E-state index < -0.39 is 5.91 Å². The van der Waals surface area contributed by atoms with Gasteiger partial charge in [-0.15, -0.1) is 0 Å². The average molecular weight is 311 g/mol. The Kier molecular flexibility index (Phi) is 4.69. The molecular formula is C18H21N3O2. The lowest BCUT2D eigenvalue weighted by Gasteiger charge is -2.32. The Labute approximate surface area is 136 Å². The van der Waals surface area contributed by atoms with E-state index in [1.807, 2.05) is 0 Å². The highest BCUT2D eigenvalue weighted by Crippen LogP contribution is 2.25. The van der Waals surface area contributed by atoms with E-state index in [0.717, 1.165) is 37.4 Å². The lowest BCUT2D eigenvalue weighted by atomic mass is 10.0. The van der Waals surface area contributed by atoms with Gasteiger partial charge in [-0.25, -0.2) is 0 Å². The molecule has 0 radical (unpaired) electrons. The molecule has 23 heavy (non-hydrogen) atoms. The molecule has 0 aliphatic carbocycles. The number of primary amides is 1. The second-order valence-electron chi connectivity index (χ2n) is 5.77. The number of pyridine rings is 1. The van der Waals surface area contributed by atoms with Gasteiger partial charge < -0.3 is 10.5 Å². The van der Waals surface area contributed by atoms with Crippen LogP contribution in [0, 0.1) is 0 Å². The van der Waals surface area contributed by atoms with Crippen LogP contribution in [0.1, 0.15) is 28.9 Å². The Hall–Kier alpha value is -2.24. The zero-order valence-electron chi connectivity index (χ0n) is 13.2. The van der Waals surface area contributed by atoms with Gasteiger partial charge in [0.15, 0.2) is 0 Å². The quantitative estimate of drug-likeness (QED) is 0.940. The van der Waals surface area contributed by atoms with E-state index in [1.54, 1.807) is 12.3 Å². The number of nitrogens with zero attached hydrogens (tertiary/aromatic N) is 2. The first kappa shape index (κ1) is 15.6. The molecule has 1 aromatic carbocycles. The number of amides is 1. The summed E-state index contributed by atoms with van der Waals surface area (Å²) in [6.45, 7) is 5.75. The minimum Gasteiger partial charge on any atom is -0.379 e. The lowest BCUT2D eigenvalue weighted by Crippen LogP contribution is -2.37. The molecule has 0 unspecified atom stereocenters. The van der Waals surface area contributed by atoms with Gasteiger partial charge in [-0.1, -0.05) is 24.3 Å². The Morgan fingerprint density at radius 1 is 1.17 bits per heavy atom. The molecule has 1 saturated heterocycles. The number of morpholine rings is 1. The van der Waals surface area contributed by atoms with Crippen LogP contribution < -0.4 is 5.73 Å². The lowest BCUT2D eigenvalue weighted by molar-refractivity contribution is 0.0198. The van der Waals surface area contributed by atoms with Crippen LogP contribution in [0.3, 0.4) is 0 Å². The maximum atomic E-state index is 11.3. The summed E-state index contributed by atoms with van der Waals surface area (Å²) in [6, 6.07) is 10.5. The van der Waals surface area contributed by atoms with Crippen LogP contribution in [0.5, 0.6) is 0 Å². The number of hydrogen-bond acceptors (Lipinski definition) is 4. The summed E-state index contributed by atoms with van der Waals surface area (Å²) < 4.78 is 5.41. The molecule has 1 fully saturated rings. The third kappa shape index (κ3) is 3.57. The fraction of sp³-hybridized carbons (Fsp3) is 0.333. The van der Waals surface area contributed by atoms with Crippen molar-refractivity contribution in [1.29, 1.82) is 0 Å². The first-order valence-corrected chi connectivity index (χ1v) is 7.82. The van der Waals surface area contributed by atoms with Gasteiger partial charge in [0, 0.05) is 37.1 Å². The van der Waals surface area contributed by atoms with Gasteiger partial charge in [-0.2, -0.15) is 0 Å². The molecule has 5 heteroatoms. The summed E-state index contributed by atoms with van der Waals surface area (Å²) in [7, 11) is 0. The van der Waals surface area contributed by atoms with Gasteiger partial charge in [0.1, 0.15) is 0 Å². The second-order valence-corrected chi connectivity index (χ2v) is 5.77. The average Bonchev–Trinajstić information content (AvgIpc) is 2.62. The molecule has 1 aliphatic rings. The van der Waals surface area contributed by atoms with Gasteiger partial charge in [0.2, 0.25) is 5.91 Å². The van der Waals surface area contributed by atoms with Crippen molar-refractivity contribution < 1.29 is 9.53 Å². The minimum absolute atomic E-state index is 0.364. The highest BCUT2D eigenvalue weighted by atomic mass is 16.5. The van der Waals surface area contributed by atoms with Crippen molar-refractivity contribution in [1.82, 2.24) is 9.88 Å². The van der Waals surface area contributed by atoms with Crippen LogP contribution in [0.25, 0.3) is 11.1 Å². The summed E-state index contributed by atoms with van der Waals surface area (Å²) in [5.74, 6) is -0.461. The smallest absolute Gasteiger partial charge is 0.250 e. The standard InChI is InChI=1S/C18H21N3O2/c1-13(21-6-8-23-9-7-21)14-2-4-15(5-3-14)16-10-17(18(19)22)12-20-11-16/h2-5,10-13H,6-9H2,1H3,(H2,19,22)/t13-/m0/s1. The predicted molar refractivity (Wildman–Crippen MR) is 89.0 cm³/mol. The first-order valence-electron chi connectivity index (χ1n) is 7.82. The molecule has 1 aliphatic heterocycles. The topological polar surface area (TPSA) is 68.5 Å². The van der Waals surface area contributed by atoms with Crippen LogP contribution in [0.4, 0.5) is 0 Å². The van der Waals surface area contributed by atoms with Crippen molar-refractivity contribution in [2.45, 2.75) is 13.0 Å². The highest BCUT2D eigenvalue weighted by molar-refractivity contribution is 5.93. The number of ether oxygens (including phenoxy) is 1. The molecule has 2 N–H and O–H groups in total. The Morgan fingerprint density at radius 3 is 2.52 bits per heavy atom. The number of hydrogen-bond donors (Lipinski definition) is 1. The maximum Gasteiger partial charge on any atom is 0.250 e. The van der Waals surface area contributed by atoms with Crippen LogP contribution in [-0.4, -0.2) is 42.1 Å². The van der Waals surface area contributed by atoms with Crippen LogP contribution in [0.2, 0.25) is 0 Å². The highest BCUT2D eigenvalue weighted by Gasteiger charge is 2.18. The monoisotopic (exact) mass is 311 g/mol. The zero-order valence-corrected chi connectivity index (χ0v) is 13.2. The molecule has 3 rings (SSSR count). The van der Waals surface area contributed by atoms with Gasteiger partial charge in [-0.3, -0.25) is 14.7 Å². The molecule has 2 heterocycles. The van der Waals surface area contributed by atoms with Crippen LogP contribution in [-0.2, 0) is 4.74 Å². The van der Waals surface area contributed by atoms with Crippen LogP contribution >= 0.6 is 0 Å². The third-order valence-electron chi connectivity index (χ3n) is 4.34. The third-order valence-corrected chi connectivity index (χ3v) is 4.34. The zero-order chi connectivity index (χ0) is 16.2. The summed E-state index contributed by atoms with van der Waals surface area (Å²) in [5.41, 5.74) is 8.93. The summed E-state index contributed by atoms with van der Waals surface area (Å²) in [5, 5.41) is 0. The fourth-order valence-electron chi connectivity index (χ4n) is 2.86. The van der Waals surface area contributed by atoms with Gasteiger partial charge >= 0.3 is 0 Å². The van der Waals surface area contributed by atoms with E-state index in [-0.39, 0.29) is 0 Å². The number of carbonyl (C=O) groups is 1. The molecule has 5 nitrogen and oxygen atoms in total. The van der Waals surface area contributed by atoms with Crippen molar-refractivity contribution in [2.24, 2.45) is 5.73 Å². The molecular weight excluding hydrogens is 290 g/mol. The molecule has 2 aromatic rings. The fourth-order valence-corrected chi connectivity index (χ4v) is 2.86.